The maximum atomic E-state index is 12.0. The molecule has 2 aromatic rings. The summed E-state index contributed by atoms with van der Waals surface area (Å²) in [5.74, 6) is -0.456. The highest BCUT2D eigenvalue weighted by Crippen LogP contribution is 2.21. The number of nitrogens with one attached hydrogen (secondary N) is 2. The minimum Gasteiger partial charge on any atom is -0.462 e. The standard InChI is InChI=1S/C22H26ClN3O3S/c1-2-29-21(27)19-13-18(7-8-20(19)23)25-22(30)24-14-16-5-3-4-6-17(16)15-26-9-11-28-12-10-26/h3-8,13H,2,9-12,14-15H2,1H3,(H2,24,25,30). The summed E-state index contributed by atoms with van der Waals surface area (Å²) < 4.78 is 10.5. The topological polar surface area (TPSA) is 62.8 Å². The van der Waals surface area contributed by atoms with Crippen molar-refractivity contribution < 1.29 is 14.3 Å². The van der Waals surface area contributed by atoms with E-state index in [1.54, 1.807) is 25.1 Å². The monoisotopic (exact) mass is 447 g/mol. The van der Waals surface area contributed by atoms with E-state index in [1.165, 1.54) is 11.1 Å². The van der Waals surface area contributed by atoms with Crippen LogP contribution in [0.2, 0.25) is 5.02 Å². The number of rotatable bonds is 7. The number of nitrogens with zero attached hydrogens (tertiary/aromatic N) is 1. The second kappa shape index (κ2) is 11.3. The van der Waals surface area contributed by atoms with E-state index in [9.17, 15) is 4.79 Å². The Labute approximate surface area is 187 Å². The van der Waals surface area contributed by atoms with E-state index in [1.807, 2.05) is 6.07 Å². The second-order valence-corrected chi connectivity index (χ2v) is 7.70. The van der Waals surface area contributed by atoms with Crippen LogP contribution in [0.4, 0.5) is 5.69 Å². The number of thiocarbonyl (C=S) groups is 1. The molecule has 30 heavy (non-hydrogen) atoms. The van der Waals surface area contributed by atoms with Gasteiger partial charge in [0.15, 0.2) is 5.11 Å². The number of halogens is 1. The molecule has 0 aromatic heterocycles. The van der Waals surface area contributed by atoms with Crippen molar-refractivity contribution in [1.29, 1.82) is 0 Å². The summed E-state index contributed by atoms with van der Waals surface area (Å²) in [4.78, 5) is 14.4. The predicted octanol–water partition coefficient (Wildman–Crippen LogP) is 3.84. The molecule has 1 aliphatic rings. The lowest BCUT2D eigenvalue weighted by Crippen LogP contribution is -2.36. The van der Waals surface area contributed by atoms with Crippen LogP contribution in [-0.4, -0.2) is 48.9 Å². The largest absolute Gasteiger partial charge is 0.462 e. The van der Waals surface area contributed by atoms with Gasteiger partial charge in [0.2, 0.25) is 0 Å². The van der Waals surface area contributed by atoms with Crippen LogP contribution in [0.1, 0.15) is 28.4 Å². The number of benzene rings is 2. The zero-order valence-corrected chi connectivity index (χ0v) is 18.5. The first-order valence-electron chi connectivity index (χ1n) is 9.95. The van der Waals surface area contributed by atoms with Gasteiger partial charge in [-0.1, -0.05) is 35.9 Å². The lowest BCUT2D eigenvalue weighted by molar-refractivity contribution is 0.0341. The summed E-state index contributed by atoms with van der Waals surface area (Å²) in [7, 11) is 0. The van der Waals surface area contributed by atoms with Gasteiger partial charge in [0.1, 0.15) is 0 Å². The van der Waals surface area contributed by atoms with Crippen LogP contribution >= 0.6 is 23.8 Å². The molecule has 0 aliphatic carbocycles. The number of anilines is 1. The number of carbonyl (C=O) groups excluding carboxylic acids is 1. The van der Waals surface area contributed by atoms with E-state index in [2.05, 4.69) is 33.7 Å². The number of hydrogen-bond donors (Lipinski definition) is 2. The molecule has 1 aliphatic heterocycles. The molecule has 2 N–H and O–H groups in total. The fourth-order valence-corrected chi connectivity index (χ4v) is 3.59. The van der Waals surface area contributed by atoms with Crippen molar-refractivity contribution in [3.63, 3.8) is 0 Å². The molecule has 8 heteroatoms. The third kappa shape index (κ3) is 6.40. The minimum absolute atomic E-state index is 0.288. The maximum Gasteiger partial charge on any atom is 0.339 e. The molecule has 2 aromatic carbocycles. The molecular weight excluding hydrogens is 422 g/mol. The van der Waals surface area contributed by atoms with E-state index in [0.717, 1.165) is 32.8 Å². The molecule has 0 spiro atoms. The number of morpholine rings is 1. The summed E-state index contributed by atoms with van der Waals surface area (Å²) in [6.45, 7) is 6.99. The third-order valence-corrected chi connectivity index (χ3v) is 5.35. The molecular formula is C22H26ClN3O3S. The Bertz CT molecular complexity index is 888. The van der Waals surface area contributed by atoms with Crippen LogP contribution in [0.5, 0.6) is 0 Å². The number of esters is 1. The normalized spacial score (nSPS) is 14.2. The Morgan fingerprint density at radius 3 is 2.67 bits per heavy atom. The molecule has 0 amide bonds. The summed E-state index contributed by atoms with van der Waals surface area (Å²) in [5.41, 5.74) is 3.44. The Morgan fingerprint density at radius 2 is 1.93 bits per heavy atom. The average Bonchev–Trinajstić information content (AvgIpc) is 2.75. The Balaban J connectivity index is 1.59. The van der Waals surface area contributed by atoms with Crippen LogP contribution < -0.4 is 10.6 Å². The van der Waals surface area contributed by atoms with Crippen molar-refractivity contribution in [3.05, 3.63) is 64.2 Å². The second-order valence-electron chi connectivity index (χ2n) is 6.88. The van der Waals surface area contributed by atoms with Crippen LogP contribution in [-0.2, 0) is 22.6 Å². The van der Waals surface area contributed by atoms with Crippen LogP contribution in [0, 0.1) is 0 Å². The quantitative estimate of drug-likeness (QED) is 0.494. The smallest absolute Gasteiger partial charge is 0.339 e. The number of carbonyl (C=O) groups is 1. The highest BCUT2D eigenvalue weighted by molar-refractivity contribution is 7.80. The molecule has 0 bridgehead atoms. The summed E-state index contributed by atoms with van der Waals surface area (Å²) in [6.07, 6.45) is 0. The first-order valence-corrected chi connectivity index (χ1v) is 10.7. The van der Waals surface area contributed by atoms with Crippen LogP contribution in [0.25, 0.3) is 0 Å². The van der Waals surface area contributed by atoms with Crippen molar-refractivity contribution >= 4 is 40.6 Å². The van der Waals surface area contributed by atoms with Crippen LogP contribution in [0.3, 0.4) is 0 Å². The molecule has 3 rings (SSSR count). The van der Waals surface area contributed by atoms with Gasteiger partial charge >= 0.3 is 5.97 Å². The summed E-state index contributed by atoms with van der Waals surface area (Å²) in [6, 6.07) is 13.4. The molecule has 0 saturated carbocycles. The van der Waals surface area contributed by atoms with Gasteiger partial charge in [-0.3, -0.25) is 4.90 Å². The molecule has 0 unspecified atom stereocenters. The zero-order valence-electron chi connectivity index (χ0n) is 16.9. The number of hydrogen-bond acceptors (Lipinski definition) is 5. The van der Waals surface area contributed by atoms with Gasteiger partial charge < -0.3 is 20.1 Å². The SMILES string of the molecule is CCOC(=O)c1cc(NC(=S)NCc2ccccc2CN2CCOCC2)ccc1Cl. The van der Waals surface area contributed by atoms with E-state index in [-0.39, 0.29) is 6.61 Å². The molecule has 1 heterocycles. The van der Waals surface area contributed by atoms with Crippen LogP contribution in [0.15, 0.2) is 42.5 Å². The Hall–Kier alpha value is -2.19. The Kier molecular flexibility index (Phi) is 8.45. The van der Waals surface area contributed by atoms with E-state index in [0.29, 0.717) is 27.9 Å². The first kappa shape index (κ1) is 22.5. The maximum absolute atomic E-state index is 12.0. The van der Waals surface area contributed by atoms with Gasteiger partial charge in [0.25, 0.3) is 0 Å². The molecule has 6 nitrogen and oxygen atoms in total. The summed E-state index contributed by atoms with van der Waals surface area (Å²) >= 11 is 11.5. The summed E-state index contributed by atoms with van der Waals surface area (Å²) in [5, 5.41) is 7.15. The average molecular weight is 448 g/mol. The zero-order chi connectivity index (χ0) is 21.3. The van der Waals surface area contributed by atoms with Crippen molar-refractivity contribution in [2.24, 2.45) is 0 Å². The lowest BCUT2D eigenvalue weighted by atomic mass is 10.1. The van der Waals surface area contributed by atoms with Gasteiger partial charge in [-0.2, -0.15) is 0 Å². The Morgan fingerprint density at radius 1 is 1.20 bits per heavy atom. The van der Waals surface area contributed by atoms with E-state index < -0.39 is 5.97 Å². The van der Waals surface area contributed by atoms with Gasteiger partial charge in [-0.15, -0.1) is 0 Å². The van der Waals surface area contributed by atoms with Gasteiger partial charge in [-0.05, 0) is 48.5 Å². The highest BCUT2D eigenvalue weighted by atomic mass is 35.5. The molecule has 1 fully saturated rings. The first-order chi connectivity index (χ1) is 14.6. The van der Waals surface area contributed by atoms with Crippen molar-refractivity contribution in [1.82, 2.24) is 10.2 Å². The van der Waals surface area contributed by atoms with E-state index >= 15 is 0 Å². The van der Waals surface area contributed by atoms with E-state index in [4.69, 9.17) is 33.3 Å². The predicted molar refractivity (Wildman–Crippen MR) is 123 cm³/mol. The minimum atomic E-state index is -0.456. The van der Waals surface area contributed by atoms with Crippen molar-refractivity contribution in [3.8, 4) is 0 Å². The molecule has 0 radical (unpaired) electrons. The number of ether oxygens (including phenoxy) is 2. The van der Waals surface area contributed by atoms with Gasteiger partial charge in [0, 0.05) is 31.9 Å². The molecule has 160 valence electrons. The fraction of sp³-hybridized carbons (Fsp3) is 0.364. The molecule has 0 atom stereocenters. The van der Waals surface area contributed by atoms with Gasteiger partial charge in [0.05, 0.1) is 30.4 Å². The van der Waals surface area contributed by atoms with Gasteiger partial charge in [-0.25, -0.2) is 4.79 Å². The molecule has 1 saturated heterocycles. The third-order valence-electron chi connectivity index (χ3n) is 4.78. The fourth-order valence-electron chi connectivity index (χ4n) is 3.20. The lowest BCUT2D eigenvalue weighted by Gasteiger charge is -2.27. The highest BCUT2D eigenvalue weighted by Gasteiger charge is 2.14. The van der Waals surface area contributed by atoms with Crippen molar-refractivity contribution in [2.45, 2.75) is 20.0 Å². The van der Waals surface area contributed by atoms with Crippen molar-refractivity contribution in [2.75, 3.05) is 38.2 Å².